The van der Waals surface area contributed by atoms with E-state index in [-0.39, 0.29) is 5.78 Å². The van der Waals surface area contributed by atoms with Crippen molar-refractivity contribution in [1.29, 1.82) is 5.26 Å². The fourth-order valence-electron chi connectivity index (χ4n) is 1.89. The average Bonchev–Trinajstić information content (AvgIpc) is 2.41. The molecule has 1 aromatic rings. The van der Waals surface area contributed by atoms with Crippen molar-refractivity contribution >= 4 is 11.8 Å². The molecule has 0 radical (unpaired) electrons. The second-order valence-corrected chi connectivity index (χ2v) is 4.14. The minimum absolute atomic E-state index is 0.156. The molecule has 0 spiro atoms. The van der Waals surface area contributed by atoms with Crippen LogP contribution in [0.5, 0.6) is 0 Å². The van der Waals surface area contributed by atoms with Gasteiger partial charge in [0.05, 0.1) is 11.6 Å². The van der Waals surface area contributed by atoms with Gasteiger partial charge in [-0.05, 0) is 36.4 Å². The Balaban J connectivity index is 2.46. The number of nitriles is 1. The fraction of sp³-hybridized carbons (Fsp3) is 0.133. The molecule has 1 aliphatic carbocycles. The van der Waals surface area contributed by atoms with Gasteiger partial charge in [-0.3, -0.25) is 9.59 Å². The summed E-state index contributed by atoms with van der Waals surface area (Å²) in [6.07, 6.45) is 5.80. The Morgan fingerprint density at radius 2 is 1.79 bits per heavy atom. The van der Waals surface area contributed by atoms with E-state index >= 15 is 0 Å². The summed E-state index contributed by atoms with van der Waals surface area (Å²) in [5, 5.41) is 8.78. The van der Waals surface area contributed by atoms with Crippen LogP contribution in [0, 0.1) is 11.3 Å². The monoisotopic (exact) mass is 253 g/mol. The van der Waals surface area contributed by atoms with Gasteiger partial charge in [-0.15, -0.1) is 0 Å². The smallest absolute Gasteiger partial charge is 0.304 e. The minimum Gasteiger partial charge on any atom is -0.446 e. The molecule has 94 valence electrons. The maximum atomic E-state index is 11.3. The van der Waals surface area contributed by atoms with Crippen LogP contribution in [0.4, 0.5) is 0 Å². The fourth-order valence-corrected chi connectivity index (χ4v) is 1.89. The van der Waals surface area contributed by atoms with E-state index in [9.17, 15) is 9.59 Å². The van der Waals surface area contributed by atoms with E-state index in [2.05, 4.69) is 0 Å². The molecule has 0 atom stereocenters. The number of benzene rings is 1. The second kappa shape index (κ2) is 4.91. The first-order chi connectivity index (χ1) is 9.05. The van der Waals surface area contributed by atoms with Gasteiger partial charge in [0.2, 0.25) is 0 Å². The summed E-state index contributed by atoms with van der Waals surface area (Å²) >= 11 is 0. The van der Waals surface area contributed by atoms with Gasteiger partial charge in [-0.25, -0.2) is 0 Å². The summed E-state index contributed by atoms with van der Waals surface area (Å²) in [7, 11) is 0. The molecule has 0 saturated carbocycles. The van der Waals surface area contributed by atoms with Crippen LogP contribution >= 0.6 is 0 Å². The van der Waals surface area contributed by atoms with Crippen molar-refractivity contribution in [2.75, 3.05) is 0 Å². The molecule has 4 heteroatoms. The maximum absolute atomic E-state index is 11.3. The van der Waals surface area contributed by atoms with Crippen LogP contribution in [0.15, 0.2) is 48.6 Å². The van der Waals surface area contributed by atoms with Gasteiger partial charge < -0.3 is 4.74 Å². The zero-order chi connectivity index (χ0) is 13.9. The Morgan fingerprint density at radius 1 is 1.21 bits per heavy atom. The van der Waals surface area contributed by atoms with Crippen LogP contribution in [-0.2, 0) is 19.9 Å². The second-order valence-electron chi connectivity index (χ2n) is 4.14. The van der Waals surface area contributed by atoms with Gasteiger partial charge in [0.25, 0.3) is 0 Å². The number of nitrogens with zero attached hydrogens (tertiary/aromatic N) is 1. The van der Waals surface area contributed by atoms with Crippen LogP contribution in [0.1, 0.15) is 18.1 Å². The number of allylic oxidation sites excluding steroid dienone is 2. The van der Waals surface area contributed by atoms with E-state index in [0.717, 1.165) is 0 Å². The molecule has 0 amide bonds. The van der Waals surface area contributed by atoms with Crippen LogP contribution in [-0.4, -0.2) is 11.8 Å². The largest absolute Gasteiger partial charge is 0.446 e. The number of esters is 1. The summed E-state index contributed by atoms with van der Waals surface area (Å²) in [4.78, 5) is 22.5. The van der Waals surface area contributed by atoms with E-state index in [4.69, 9.17) is 10.00 Å². The first-order valence-corrected chi connectivity index (χ1v) is 5.68. The number of hydrogen-bond donors (Lipinski definition) is 0. The summed E-state index contributed by atoms with van der Waals surface area (Å²) in [5.74, 6) is -0.607. The molecule has 1 aliphatic rings. The van der Waals surface area contributed by atoms with E-state index < -0.39 is 11.6 Å². The van der Waals surface area contributed by atoms with Crippen molar-refractivity contribution in [3.05, 3.63) is 59.7 Å². The van der Waals surface area contributed by atoms with Gasteiger partial charge in [-0.2, -0.15) is 5.26 Å². The van der Waals surface area contributed by atoms with Crippen molar-refractivity contribution in [1.82, 2.24) is 0 Å². The van der Waals surface area contributed by atoms with E-state index in [1.165, 1.54) is 31.2 Å². The first kappa shape index (κ1) is 12.8. The van der Waals surface area contributed by atoms with Crippen molar-refractivity contribution in [2.24, 2.45) is 0 Å². The average molecular weight is 253 g/mol. The molecule has 0 N–H and O–H groups in total. The highest BCUT2D eigenvalue weighted by Gasteiger charge is 2.32. The molecule has 0 heterocycles. The Kier molecular flexibility index (Phi) is 3.30. The van der Waals surface area contributed by atoms with Crippen LogP contribution in [0.2, 0.25) is 0 Å². The van der Waals surface area contributed by atoms with Crippen molar-refractivity contribution in [3.8, 4) is 6.07 Å². The van der Waals surface area contributed by atoms with E-state index in [1.807, 2.05) is 6.07 Å². The lowest BCUT2D eigenvalue weighted by atomic mass is 9.88. The number of hydrogen-bond acceptors (Lipinski definition) is 4. The minimum atomic E-state index is -1.08. The standard InChI is InChI=1S/C15H11NO3/c1-11(17)19-15(8-6-14(18)7-9-15)13-4-2-12(10-16)3-5-13/h2-9H,1H3. The van der Waals surface area contributed by atoms with Crippen LogP contribution in [0.3, 0.4) is 0 Å². The van der Waals surface area contributed by atoms with Gasteiger partial charge in [-0.1, -0.05) is 12.1 Å². The third-order valence-corrected chi connectivity index (χ3v) is 2.77. The Hall–Kier alpha value is -2.67. The number of ether oxygens (including phenoxy) is 1. The van der Waals surface area contributed by atoms with Gasteiger partial charge in [0.1, 0.15) is 0 Å². The highest BCUT2D eigenvalue weighted by atomic mass is 16.6. The third kappa shape index (κ3) is 2.61. The Bertz CT molecular complexity index is 602. The molecule has 0 aliphatic heterocycles. The lowest BCUT2D eigenvalue weighted by Crippen LogP contribution is -2.29. The summed E-state index contributed by atoms with van der Waals surface area (Å²) < 4.78 is 5.34. The summed E-state index contributed by atoms with van der Waals surface area (Å²) in [6, 6.07) is 8.70. The zero-order valence-corrected chi connectivity index (χ0v) is 10.3. The highest BCUT2D eigenvalue weighted by Crippen LogP contribution is 2.31. The molecule has 0 fully saturated rings. The molecular weight excluding hydrogens is 242 g/mol. The highest BCUT2D eigenvalue weighted by molar-refractivity contribution is 6.00. The third-order valence-electron chi connectivity index (χ3n) is 2.77. The van der Waals surface area contributed by atoms with E-state index in [0.29, 0.717) is 11.1 Å². The Morgan fingerprint density at radius 3 is 2.26 bits per heavy atom. The van der Waals surface area contributed by atoms with Crippen LogP contribution in [0.25, 0.3) is 0 Å². The molecule has 1 aromatic carbocycles. The Labute approximate surface area is 110 Å². The molecular formula is C15H11NO3. The summed E-state index contributed by atoms with van der Waals surface area (Å²) in [6.45, 7) is 1.31. The molecule has 0 saturated heterocycles. The molecule has 0 unspecified atom stereocenters. The van der Waals surface area contributed by atoms with Crippen molar-refractivity contribution in [3.63, 3.8) is 0 Å². The first-order valence-electron chi connectivity index (χ1n) is 5.68. The quantitative estimate of drug-likeness (QED) is 0.756. The predicted molar refractivity (Wildman–Crippen MR) is 67.9 cm³/mol. The lowest BCUT2D eigenvalue weighted by molar-refractivity contribution is -0.149. The predicted octanol–water partition coefficient (Wildman–Crippen LogP) is 2.01. The number of ketones is 1. The molecule has 19 heavy (non-hydrogen) atoms. The molecule has 2 rings (SSSR count). The number of rotatable bonds is 2. The zero-order valence-electron chi connectivity index (χ0n) is 10.3. The van der Waals surface area contributed by atoms with Crippen molar-refractivity contribution < 1.29 is 14.3 Å². The normalized spacial score (nSPS) is 15.9. The summed E-state index contributed by atoms with van der Waals surface area (Å²) in [5.41, 5.74) is 0.122. The van der Waals surface area contributed by atoms with Crippen molar-refractivity contribution in [2.45, 2.75) is 12.5 Å². The number of carbonyl (C=O) groups excluding carboxylic acids is 2. The maximum Gasteiger partial charge on any atom is 0.304 e. The molecule has 0 bridgehead atoms. The lowest BCUT2D eigenvalue weighted by Gasteiger charge is -2.28. The van der Waals surface area contributed by atoms with Crippen LogP contribution < -0.4 is 0 Å². The van der Waals surface area contributed by atoms with Gasteiger partial charge >= 0.3 is 5.97 Å². The molecule has 0 aromatic heterocycles. The van der Waals surface area contributed by atoms with E-state index in [1.54, 1.807) is 24.3 Å². The topological polar surface area (TPSA) is 67.2 Å². The SMILES string of the molecule is CC(=O)OC1(c2ccc(C#N)cc2)C=CC(=O)C=C1. The van der Waals surface area contributed by atoms with Gasteiger partial charge in [0.15, 0.2) is 11.4 Å². The number of carbonyl (C=O) groups is 2. The van der Waals surface area contributed by atoms with Gasteiger partial charge in [0, 0.05) is 12.5 Å². The molecule has 4 nitrogen and oxygen atoms in total.